The Morgan fingerprint density at radius 1 is 1.60 bits per heavy atom. The standard InChI is InChI=1S/C12H18ClNS/c1-10-9-14(7-5-12(10)13)6-4-11-3-2-8-15-11/h2-3,8,10,12H,4-7,9H2,1H3. The Hall–Kier alpha value is -0.0500. The van der Waals surface area contributed by atoms with Gasteiger partial charge in [0.05, 0.1) is 0 Å². The van der Waals surface area contributed by atoms with Crippen molar-refractivity contribution in [3.05, 3.63) is 22.4 Å². The summed E-state index contributed by atoms with van der Waals surface area (Å²) in [6.45, 7) is 5.78. The molecule has 0 spiro atoms. The number of halogens is 1. The fourth-order valence-corrected chi connectivity index (χ4v) is 3.01. The first-order valence-corrected chi connectivity index (χ1v) is 6.96. The molecule has 3 heteroatoms. The van der Waals surface area contributed by atoms with Crippen LogP contribution in [0.2, 0.25) is 0 Å². The van der Waals surface area contributed by atoms with Gasteiger partial charge in [0.25, 0.3) is 0 Å². The van der Waals surface area contributed by atoms with Crippen molar-refractivity contribution in [1.29, 1.82) is 0 Å². The molecular formula is C12H18ClNS. The molecule has 2 atom stereocenters. The van der Waals surface area contributed by atoms with Gasteiger partial charge in [0.15, 0.2) is 0 Å². The van der Waals surface area contributed by atoms with Crippen molar-refractivity contribution < 1.29 is 0 Å². The highest BCUT2D eigenvalue weighted by Gasteiger charge is 2.23. The van der Waals surface area contributed by atoms with Gasteiger partial charge in [-0.1, -0.05) is 13.0 Å². The monoisotopic (exact) mass is 243 g/mol. The van der Waals surface area contributed by atoms with Crippen molar-refractivity contribution in [2.24, 2.45) is 5.92 Å². The number of piperidine rings is 1. The minimum absolute atomic E-state index is 0.392. The van der Waals surface area contributed by atoms with Gasteiger partial charge in [-0.3, -0.25) is 0 Å². The number of thiophene rings is 1. The molecule has 0 N–H and O–H groups in total. The van der Waals surface area contributed by atoms with E-state index < -0.39 is 0 Å². The van der Waals surface area contributed by atoms with Gasteiger partial charge in [-0.15, -0.1) is 22.9 Å². The zero-order chi connectivity index (χ0) is 10.7. The summed E-state index contributed by atoms with van der Waals surface area (Å²) in [5.41, 5.74) is 0. The molecular weight excluding hydrogens is 226 g/mol. The van der Waals surface area contributed by atoms with Crippen LogP contribution in [0.15, 0.2) is 17.5 Å². The Bertz CT molecular complexity index is 286. The first-order valence-electron chi connectivity index (χ1n) is 5.64. The van der Waals surface area contributed by atoms with Gasteiger partial charge in [-0.2, -0.15) is 0 Å². The van der Waals surface area contributed by atoms with Crippen LogP contribution >= 0.6 is 22.9 Å². The normalized spacial score (nSPS) is 28.1. The highest BCUT2D eigenvalue weighted by molar-refractivity contribution is 7.09. The Kier molecular flexibility index (Phi) is 4.06. The van der Waals surface area contributed by atoms with E-state index in [1.807, 2.05) is 11.3 Å². The number of hydrogen-bond donors (Lipinski definition) is 0. The Morgan fingerprint density at radius 3 is 3.13 bits per heavy atom. The van der Waals surface area contributed by atoms with Crippen molar-refractivity contribution in [3.63, 3.8) is 0 Å². The first kappa shape index (κ1) is 11.4. The lowest BCUT2D eigenvalue weighted by Gasteiger charge is -2.33. The van der Waals surface area contributed by atoms with E-state index in [1.165, 1.54) is 30.9 Å². The number of nitrogens with zero attached hydrogens (tertiary/aromatic N) is 1. The van der Waals surface area contributed by atoms with Crippen LogP contribution in [0, 0.1) is 5.92 Å². The number of hydrogen-bond acceptors (Lipinski definition) is 2. The van der Waals surface area contributed by atoms with Gasteiger partial charge in [-0.05, 0) is 36.8 Å². The first-order chi connectivity index (χ1) is 7.25. The van der Waals surface area contributed by atoms with Crippen molar-refractivity contribution in [2.45, 2.75) is 25.1 Å². The minimum Gasteiger partial charge on any atom is -0.303 e. The molecule has 0 aromatic carbocycles. The highest BCUT2D eigenvalue weighted by Crippen LogP contribution is 2.22. The molecule has 0 saturated carbocycles. The van der Waals surface area contributed by atoms with Crippen LogP contribution in [-0.2, 0) is 6.42 Å². The maximum Gasteiger partial charge on any atom is 0.0386 e. The zero-order valence-electron chi connectivity index (χ0n) is 9.16. The van der Waals surface area contributed by atoms with Crippen LogP contribution in [-0.4, -0.2) is 29.9 Å². The summed E-state index contributed by atoms with van der Waals surface area (Å²) in [5, 5.41) is 2.55. The largest absolute Gasteiger partial charge is 0.303 e. The van der Waals surface area contributed by atoms with Crippen LogP contribution < -0.4 is 0 Å². The summed E-state index contributed by atoms with van der Waals surface area (Å²) in [6, 6.07) is 4.36. The molecule has 0 radical (unpaired) electrons. The minimum atomic E-state index is 0.392. The summed E-state index contributed by atoms with van der Waals surface area (Å²) in [7, 11) is 0. The third kappa shape index (κ3) is 3.20. The van der Waals surface area contributed by atoms with Crippen molar-refractivity contribution in [1.82, 2.24) is 4.90 Å². The molecule has 1 nitrogen and oxygen atoms in total. The maximum atomic E-state index is 6.21. The molecule has 1 aromatic rings. The summed E-state index contributed by atoms with van der Waals surface area (Å²) in [4.78, 5) is 4.04. The zero-order valence-corrected chi connectivity index (χ0v) is 10.7. The molecule has 1 aromatic heterocycles. The average molecular weight is 244 g/mol. The predicted molar refractivity (Wildman–Crippen MR) is 67.9 cm³/mol. The Balaban J connectivity index is 1.76. The topological polar surface area (TPSA) is 3.24 Å². The fourth-order valence-electron chi connectivity index (χ4n) is 2.13. The molecule has 84 valence electrons. The quantitative estimate of drug-likeness (QED) is 0.737. The van der Waals surface area contributed by atoms with Gasteiger partial charge >= 0.3 is 0 Å². The van der Waals surface area contributed by atoms with Crippen molar-refractivity contribution in [3.8, 4) is 0 Å². The van der Waals surface area contributed by atoms with Crippen molar-refractivity contribution in [2.75, 3.05) is 19.6 Å². The van der Waals surface area contributed by atoms with Gasteiger partial charge in [0, 0.05) is 23.3 Å². The molecule has 1 saturated heterocycles. The number of likely N-dealkylation sites (tertiary alicyclic amines) is 1. The lowest BCUT2D eigenvalue weighted by atomic mass is 9.99. The van der Waals surface area contributed by atoms with Gasteiger partial charge in [-0.25, -0.2) is 0 Å². The van der Waals surface area contributed by atoms with Crippen LogP contribution in [0.4, 0.5) is 0 Å². The maximum absolute atomic E-state index is 6.21. The third-order valence-corrected chi connectivity index (χ3v) is 4.72. The smallest absolute Gasteiger partial charge is 0.0386 e. The number of rotatable bonds is 3. The van der Waals surface area contributed by atoms with E-state index in [0.29, 0.717) is 11.3 Å². The predicted octanol–water partition coefficient (Wildman–Crippen LogP) is 3.24. The van der Waals surface area contributed by atoms with Crippen LogP contribution in [0.5, 0.6) is 0 Å². The molecule has 15 heavy (non-hydrogen) atoms. The molecule has 2 heterocycles. The van der Waals surface area contributed by atoms with E-state index in [4.69, 9.17) is 11.6 Å². The second kappa shape index (κ2) is 5.33. The van der Waals surface area contributed by atoms with E-state index in [-0.39, 0.29) is 0 Å². The molecule has 0 bridgehead atoms. The number of alkyl halides is 1. The van der Waals surface area contributed by atoms with E-state index >= 15 is 0 Å². The van der Waals surface area contributed by atoms with Crippen LogP contribution in [0.25, 0.3) is 0 Å². The van der Waals surface area contributed by atoms with E-state index in [2.05, 4.69) is 29.3 Å². The molecule has 1 fully saturated rings. The lowest BCUT2D eigenvalue weighted by Crippen LogP contribution is -2.40. The van der Waals surface area contributed by atoms with Gasteiger partial charge < -0.3 is 4.90 Å². The second-order valence-electron chi connectivity index (χ2n) is 4.41. The molecule has 1 aliphatic rings. The van der Waals surface area contributed by atoms with E-state index in [1.54, 1.807) is 0 Å². The third-order valence-electron chi connectivity index (χ3n) is 3.14. The molecule has 2 unspecified atom stereocenters. The summed E-state index contributed by atoms with van der Waals surface area (Å²) in [5.74, 6) is 0.642. The summed E-state index contributed by atoms with van der Waals surface area (Å²) >= 11 is 8.07. The average Bonchev–Trinajstić information content (AvgIpc) is 2.73. The summed E-state index contributed by atoms with van der Waals surface area (Å²) < 4.78 is 0. The Labute approximate surface area is 101 Å². The van der Waals surface area contributed by atoms with Crippen molar-refractivity contribution >= 4 is 22.9 Å². The molecule has 0 amide bonds. The molecule has 1 aliphatic heterocycles. The fraction of sp³-hybridized carbons (Fsp3) is 0.667. The van der Waals surface area contributed by atoms with Gasteiger partial charge in [0.2, 0.25) is 0 Å². The van der Waals surface area contributed by atoms with Crippen LogP contribution in [0.1, 0.15) is 18.2 Å². The molecule has 2 rings (SSSR count). The van der Waals surface area contributed by atoms with E-state index in [0.717, 1.165) is 6.42 Å². The SMILES string of the molecule is CC1CN(CCc2cccs2)CCC1Cl. The molecule has 0 aliphatic carbocycles. The Morgan fingerprint density at radius 2 is 2.47 bits per heavy atom. The summed E-state index contributed by atoms with van der Waals surface area (Å²) in [6.07, 6.45) is 2.34. The van der Waals surface area contributed by atoms with Gasteiger partial charge in [0.1, 0.15) is 0 Å². The van der Waals surface area contributed by atoms with Crippen LogP contribution in [0.3, 0.4) is 0 Å². The lowest BCUT2D eigenvalue weighted by molar-refractivity contribution is 0.189. The highest BCUT2D eigenvalue weighted by atomic mass is 35.5. The second-order valence-corrected chi connectivity index (χ2v) is 6.00. The van der Waals surface area contributed by atoms with E-state index in [9.17, 15) is 0 Å².